The second-order valence-corrected chi connectivity index (χ2v) is 3.94. The smallest absolute Gasteiger partial charge is 0.161 e. The van der Waals surface area contributed by atoms with Crippen LogP contribution in [0.3, 0.4) is 0 Å². The predicted octanol–water partition coefficient (Wildman–Crippen LogP) is 3.70. The minimum Gasteiger partial charge on any atom is -0.381 e. The van der Waals surface area contributed by atoms with Gasteiger partial charge in [0.15, 0.2) is 11.6 Å². The molecule has 0 saturated carbocycles. The molecule has 0 unspecified atom stereocenters. The highest BCUT2D eigenvalue weighted by Crippen LogP contribution is 2.16. The minimum absolute atomic E-state index is 0.0387. The molecular formula is C15H10F3N. The van der Waals surface area contributed by atoms with Gasteiger partial charge in [0.1, 0.15) is 5.82 Å². The van der Waals surface area contributed by atoms with Crippen LogP contribution >= 0.6 is 0 Å². The van der Waals surface area contributed by atoms with Crippen molar-refractivity contribution in [3.63, 3.8) is 0 Å². The largest absolute Gasteiger partial charge is 0.381 e. The molecule has 19 heavy (non-hydrogen) atoms. The van der Waals surface area contributed by atoms with Gasteiger partial charge < -0.3 is 5.32 Å². The topological polar surface area (TPSA) is 12.0 Å². The number of anilines is 1. The second-order valence-electron chi connectivity index (χ2n) is 3.94. The van der Waals surface area contributed by atoms with E-state index in [0.717, 1.165) is 6.07 Å². The third kappa shape index (κ3) is 3.08. The van der Waals surface area contributed by atoms with Crippen molar-refractivity contribution in [3.05, 3.63) is 65.0 Å². The molecule has 2 rings (SSSR count). The summed E-state index contributed by atoms with van der Waals surface area (Å²) < 4.78 is 39.2. The molecule has 0 radical (unpaired) electrons. The monoisotopic (exact) mass is 261 g/mol. The van der Waals surface area contributed by atoms with Gasteiger partial charge in [0.05, 0.1) is 0 Å². The number of benzene rings is 2. The van der Waals surface area contributed by atoms with Gasteiger partial charge in [-0.15, -0.1) is 6.42 Å². The first-order valence-electron chi connectivity index (χ1n) is 5.54. The standard InChI is InChI=1S/C15H10F3N/c1-2-10-4-3-5-12(6-10)19-9-11-7-14(17)15(18)8-13(11)16/h1,3-8,19H,9H2. The number of nitrogens with one attached hydrogen (secondary N) is 1. The summed E-state index contributed by atoms with van der Waals surface area (Å²) in [6.07, 6.45) is 5.26. The zero-order valence-corrected chi connectivity index (χ0v) is 9.88. The first-order valence-corrected chi connectivity index (χ1v) is 5.54. The van der Waals surface area contributed by atoms with Crippen molar-refractivity contribution in [3.8, 4) is 12.3 Å². The van der Waals surface area contributed by atoms with Crippen molar-refractivity contribution < 1.29 is 13.2 Å². The van der Waals surface area contributed by atoms with Gasteiger partial charge in [0.2, 0.25) is 0 Å². The van der Waals surface area contributed by atoms with E-state index in [-0.39, 0.29) is 12.1 Å². The van der Waals surface area contributed by atoms with Crippen LogP contribution in [0.15, 0.2) is 36.4 Å². The molecule has 0 aliphatic carbocycles. The van der Waals surface area contributed by atoms with Crippen LogP contribution in [0.5, 0.6) is 0 Å². The summed E-state index contributed by atoms with van der Waals surface area (Å²) in [4.78, 5) is 0. The first-order chi connectivity index (χ1) is 9.10. The van der Waals surface area contributed by atoms with Crippen molar-refractivity contribution in [2.24, 2.45) is 0 Å². The van der Waals surface area contributed by atoms with E-state index in [1.165, 1.54) is 0 Å². The van der Waals surface area contributed by atoms with E-state index in [1.807, 2.05) is 0 Å². The Balaban J connectivity index is 2.14. The SMILES string of the molecule is C#Cc1cccc(NCc2cc(F)c(F)cc2F)c1. The highest BCUT2D eigenvalue weighted by molar-refractivity contribution is 5.50. The maximum Gasteiger partial charge on any atom is 0.161 e. The zero-order chi connectivity index (χ0) is 13.8. The van der Waals surface area contributed by atoms with Gasteiger partial charge in [0, 0.05) is 29.4 Å². The lowest BCUT2D eigenvalue weighted by molar-refractivity contribution is 0.490. The van der Waals surface area contributed by atoms with Crippen molar-refractivity contribution >= 4 is 5.69 Å². The maximum atomic E-state index is 13.4. The summed E-state index contributed by atoms with van der Waals surface area (Å²) in [5.41, 5.74) is 1.40. The molecule has 1 N–H and O–H groups in total. The molecule has 2 aromatic rings. The molecule has 2 aromatic carbocycles. The van der Waals surface area contributed by atoms with E-state index < -0.39 is 17.5 Å². The molecule has 0 heterocycles. The molecule has 0 fully saturated rings. The first kappa shape index (κ1) is 13.0. The molecule has 0 aliphatic rings. The van der Waals surface area contributed by atoms with Crippen LogP contribution in [0.25, 0.3) is 0 Å². The molecule has 0 bridgehead atoms. The summed E-state index contributed by atoms with van der Waals surface area (Å²) in [5, 5.41) is 2.90. The average molecular weight is 261 g/mol. The van der Waals surface area contributed by atoms with Crippen LogP contribution < -0.4 is 5.32 Å². The lowest BCUT2D eigenvalue weighted by atomic mass is 10.1. The predicted molar refractivity (Wildman–Crippen MR) is 68.0 cm³/mol. The van der Waals surface area contributed by atoms with Crippen LogP contribution in [0.1, 0.15) is 11.1 Å². The van der Waals surface area contributed by atoms with Crippen LogP contribution in [0.2, 0.25) is 0 Å². The second kappa shape index (κ2) is 5.49. The molecule has 1 nitrogen and oxygen atoms in total. The molecule has 0 spiro atoms. The highest BCUT2D eigenvalue weighted by Gasteiger charge is 2.09. The summed E-state index contributed by atoms with van der Waals surface area (Å²) in [7, 11) is 0. The van der Waals surface area contributed by atoms with Crippen LogP contribution in [-0.2, 0) is 6.54 Å². The van der Waals surface area contributed by atoms with E-state index in [0.29, 0.717) is 17.3 Å². The minimum atomic E-state index is -1.20. The maximum absolute atomic E-state index is 13.4. The summed E-state index contributed by atoms with van der Waals surface area (Å²) in [6.45, 7) is 0.0387. The quantitative estimate of drug-likeness (QED) is 0.656. The van der Waals surface area contributed by atoms with E-state index in [1.54, 1.807) is 24.3 Å². The fourth-order valence-corrected chi connectivity index (χ4v) is 1.62. The molecule has 0 aromatic heterocycles. The molecule has 0 amide bonds. The van der Waals surface area contributed by atoms with Gasteiger partial charge in [-0.1, -0.05) is 12.0 Å². The molecule has 4 heteroatoms. The average Bonchev–Trinajstić information content (AvgIpc) is 2.41. The van der Waals surface area contributed by atoms with Gasteiger partial charge >= 0.3 is 0 Å². The van der Waals surface area contributed by atoms with Crippen LogP contribution in [-0.4, -0.2) is 0 Å². The van der Waals surface area contributed by atoms with Crippen molar-refractivity contribution in [2.75, 3.05) is 5.32 Å². The number of rotatable bonds is 3. The van der Waals surface area contributed by atoms with Gasteiger partial charge in [0.25, 0.3) is 0 Å². The Morgan fingerprint density at radius 1 is 1.00 bits per heavy atom. The number of halogens is 3. The Hall–Kier alpha value is -2.41. The summed E-state index contributed by atoms with van der Waals surface area (Å²) in [6, 6.07) is 8.33. The van der Waals surface area contributed by atoms with Gasteiger partial charge in [-0.05, 0) is 24.3 Å². The van der Waals surface area contributed by atoms with Gasteiger partial charge in [-0.2, -0.15) is 0 Å². The Morgan fingerprint density at radius 3 is 2.47 bits per heavy atom. The number of terminal acetylenes is 1. The Kier molecular flexibility index (Phi) is 3.76. The van der Waals surface area contributed by atoms with Crippen LogP contribution in [0, 0.1) is 29.8 Å². The fourth-order valence-electron chi connectivity index (χ4n) is 1.62. The third-order valence-corrected chi connectivity index (χ3v) is 2.60. The Labute approximate surface area is 109 Å². The molecular weight excluding hydrogens is 251 g/mol. The van der Waals surface area contributed by atoms with Crippen LogP contribution in [0.4, 0.5) is 18.9 Å². The summed E-state index contributed by atoms with van der Waals surface area (Å²) >= 11 is 0. The van der Waals surface area contributed by atoms with E-state index in [4.69, 9.17) is 6.42 Å². The van der Waals surface area contributed by atoms with Crippen molar-refractivity contribution in [1.29, 1.82) is 0 Å². The van der Waals surface area contributed by atoms with Gasteiger partial charge in [-0.25, -0.2) is 13.2 Å². The van der Waals surface area contributed by atoms with E-state index >= 15 is 0 Å². The lowest BCUT2D eigenvalue weighted by Crippen LogP contribution is -2.03. The van der Waals surface area contributed by atoms with Crippen molar-refractivity contribution in [2.45, 2.75) is 6.54 Å². The summed E-state index contributed by atoms with van der Waals surface area (Å²) in [5.74, 6) is -0.594. The Bertz CT molecular complexity index is 644. The number of hydrogen-bond acceptors (Lipinski definition) is 1. The fraction of sp³-hybridized carbons (Fsp3) is 0.0667. The molecule has 0 saturated heterocycles. The Morgan fingerprint density at radius 2 is 1.74 bits per heavy atom. The lowest BCUT2D eigenvalue weighted by Gasteiger charge is -2.08. The highest BCUT2D eigenvalue weighted by atomic mass is 19.2. The normalized spacial score (nSPS) is 10.0. The zero-order valence-electron chi connectivity index (χ0n) is 9.88. The van der Waals surface area contributed by atoms with Gasteiger partial charge in [-0.3, -0.25) is 0 Å². The van der Waals surface area contributed by atoms with Crippen molar-refractivity contribution in [1.82, 2.24) is 0 Å². The molecule has 0 aliphatic heterocycles. The van der Waals surface area contributed by atoms with E-state index in [9.17, 15) is 13.2 Å². The molecule has 0 atom stereocenters. The third-order valence-electron chi connectivity index (χ3n) is 2.60. The van der Waals surface area contributed by atoms with E-state index in [2.05, 4.69) is 11.2 Å². The number of hydrogen-bond donors (Lipinski definition) is 1. The molecule has 96 valence electrons.